The van der Waals surface area contributed by atoms with Gasteiger partial charge < -0.3 is 9.72 Å². The number of aryl methyl sites for hydroxylation is 1. The third-order valence-electron chi connectivity index (χ3n) is 6.49. The second kappa shape index (κ2) is 9.85. The van der Waals surface area contributed by atoms with Gasteiger partial charge in [0.15, 0.2) is 0 Å². The van der Waals surface area contributed by atoms with Crippen LogP contribution in [0.2, 0.25) is 5.02 Å². The Morgan fingerprint density at radius 3 is 2.36 bits per heavy atom. The van der Waals surface area contributed by atoms with E-state index in [0.717, 1.165) is 0 Å². The Balaban J connectivity index is 1.52. The summed E-state index contributed by atoms with van der Waals surface area (Å²) in [7, 11) is -4.18. The zero-order valence-corrected chi connectivity index (χ0v) is 21.8. The minimum Gasteiger partial charge on any atom is -0.496 e. The molecule has 0 unspecified atom stereocenters. The highest BCUT2D eigenvalue weighted by Gasteiger charge is 2.47. The largest absolute Gasteiger partial charge is 0.523 e. The molecule has 1 aromatic heterocycles. The Hall–Kier alpha value is -3.61. The van der Waals surface area contributed by atoms with Crippen molar-refractivity contribution in [3.05, 3.63) is 64.2 Å². The van der Waals surface area contributed by atoms with Crippen LogP contribution in [0.15, 0.2) is 42.5 Å². The number of amides is 2. The van der Waals surface area contributed by atoms with Gasteiger partial charge in [-0.15, -0.1) is 0 Å². The van der Waals surface area contributed by atoms with E-state index in [4.69, 9.17) is 16.3 Å². The molecule has 0 saturated heterocycles. The molecule has 0 aliphatic carbocycles. The van der Waals surface area contributed by atoms with Gasteiger partial charge in [-0.1, -0.05) is 29.8 Å². The van der Waals surface area contributed by atoms with Crippen molar-refractivity contribution in [3.63, 3.8) is 0 Å². The maximum Gasteiger partial charge on any atom is 0.523 e. The van der Waals surface area contributed by atoms with Gasteiger partial charge in [-0.05, 0) is 54.7 Å². The molecule has 8 nitrogen and oxygen atoms in total. The summed E-state index contributed by atoms with van der Waals surface area (Å²) in [5.74, 6) is -0.605. The van der Waals surface area contributed by atoms with Crippen LogP contribution in [0.5, 0.6) is 5.75 Å². The number of carbonyl (C=O) groups is 2. The van der Waals surface area contributed by atoms with Crippen molar-refractivity contribution in [2.24, 2.45) is 0 Å². The topological polar surface area (TPSA) is 115 Å². The van der Waals surface area contributed by atoms with Crippen LogP contribution in [0.3, 0.4) is 0 Å². The van der Waals surface area contributed by atoms with Gasteiger partial charge in [0.1, 0.15) is 5.75 Å². The van der Waals surface area contributed by atoms with E-state index < -0.39 is 34.0 Å². The Labute approximate surface area is 225 Å². The molecule has 2 N–H and O–H groups in total. The fraction of sp³-hybridized carbons (Fsp3) is 0.231. The molecule has 0 saturated carbocycles. The van der Waals surface area contributed by atoms with Crippen LogP contribution in [0.1, 0.15) is 39.1 Å². The summed E-state index contributed by atoms with van der Waals surface area (Å²) in [6, 6.07) is 12.3. The number of aromatic amines is 1. The molecular formula is C26H20ClF3N2O6S. The number of halogens is 4. The molecule has 0 atom stereocenters. The molecule has 3 aromatic carbocycles. The van der Waals surface area contributed by atoms with Gasteiger partial charge in [0.25, 0.3) is 11.8 Å². The molecule has 2 amide bonds. The predicted octanol–water partition coefficient (Wildman–Crippen LogP) is 5.72. The van der Waals surface area contributed by atoms with Crippen LogP contribution in [0.4, 0.5) is 13.2 Å². The lowest BCUT2D eigenvalue weighted by Gasteiger charge is -2.11. The smallest absolute Gasteiger partial charge is 0.496 e. The van der Waals surface area contributed by atoms with Gasteiger partial charge in [0.2, 0.25) is 0 Å². The number of benzene rings is 3. The normalized spacial score (nSPS) is 13.8. The molecule has 204 valence electrons. The van der Waals surface area contributed by atoms with Gasteiger partial charge in [-0.2, -0.15) is 21.6 Å². The Kier molecular flexibility index (Phi) is 6.81. The number of unbranched alkanes of at least 4 members (excludes halogenated alkanes) is 1. The van der Waals surface area contributed by atoms with Crippen molar-refractivity contribution in [1.29, 1.82) is 0 Å². The minimum absolute atomic E-state index is 0.0557. The number of methoxy groups -OCH3 is 1. The van der Waals surface area contributed by atoms with Crippen LogP contribution in [0.25, 0.3) is 32.9 Å². The first-order valence-electron chi connectivity index (χ1n) is 11.7. The Morgan fingerprint density at radius 1 is 0.949 bits per heavy atom. The van der Waals surface area contributed by atoms with E-state index in [1.54, 1.807) is 42.5 Å². The number of nitrogens with one attached hydrogen (secondary N) is 2. The van der Waals surface area contributed by atoms with Crippen LogP contribution >= 0.6 is 11.6 Å². The van der Waals surface area contributed by atoms with Gasteiger partial charge in [0, 0.05) is 32.4 Å². The summed E-state index contributed by atoms with van der Waals surface area (Å²) in [4.78, 5) is 29.0. The fourth-order valence-electron chi connectivity index (χ4n) is 4.76. The number of carbonyl (C=O) groups excluding carboxylic acids is 2. The molecule has 39 heavy (non-hydrogen) atoms. The van der Waals surface area contributed by atoms with Crippen molar-refractivity contribution in [1.82, 2.24) is 10.3 Å². The third-order valence-corrected chi connectivity index (χ3v) is 7.87. The number of ether oxygens (including phenoxy) is 1. The highest BCUT2D eigenvalue weighted by molar-refractivity contribution is 7.87. The number of alkyl halides is 3. The van der Waals surface area contributed by atoms with Crippen LogP contribution < -0.4 is 10.1 Å². The second-order valence-corrected chi connectivity index (χ2v) is 10.9. The van der Waals surface area contributed by atoms with E-state index in [0.29, 0.717) is 62.1 Å². The standard InChI is InChI=1S/C26H20ClF3N2O6S/c1-37-20-12-16-18(10-13(20)6-4-5-9-38-39(35,36)26(28,29)30)31-19-11-15(14-7-2-3-8-17(14)27)22-23(21(16)19)25(34)32-24(22)33/h2-3,7-8,10-12,31H,4-6,9H2,1H3,(H,32,33,34). The molecule has 0 bridgehead atoms. The van der Waals surface area contributed by atoms with Crippen LogP contribution in [-0.2, 0) is 20.7 Å². The summed E-state index contributed by atoms with van der Waals surface area (Å²) in [5.41, 5.74) is -2.00. The van der Waals surface area contributed by atoms with Crippen LogP contribution in [0, 0.1) is 0 Å². The number of H-pyrrole nitrogens is 1. The van der Waals surface area contributed by atoms with Crippen molar-refractivity contribution in [3.8, 4) is 16.9 Å². The SMILES string of the molecule is COc1cc2c(cc1CCCCOS(=O)(=O)C(F)(F)F)[nH]c1cc(-c3ccccc3Cl)c3c(c12)C(=O)NC3=O. The number of rotatable bonds is 8. The molecule has 2 heterocycles. The number of imide groups is 1. The lowest BCUT2D eigenvalue weighted by Crippen LogP contribution is -2.25. The molecule has 5 rings (SSSR count). The molecule has 1 aliphatic heterocycles. The van der Waals surface area contributed by atoms with E-state index in [1.807, 2.05) is 0 Å². The first-order chi connectivity index (χ1) is 18.4. The molecular weight excluding hydrogens is 561 g/mol. The number of aromatic nitrogens is 1. The number of fused-ring (bicyclic) bond motifs is 5. The average Bonchev–Trinajstić information content (AvgIpc) is 3.37. The summed E-state index contributed by atoms with van der Waals surface area (Å²) in [6.07, 6.45) is 0.727. The lowest BCUT2D eigenvalue weighted by atomic mass is 9.92. The van der Waals surface area contributed by atoms with E-state index in [9.17, 15) is 31.2 Å². The molecule has 4 aromatic rings. The highest BCUT2D eigenvalue weighted by atomic mass is 35.5. The zero-order chi connectivity index (χ0) is 28.1. The molecule has 13 heteroatoms. The summed E-state index contributed by atoms with van der Waals surface area (Å²) >= 11 is 6.41. The van der Waals surface area contributed by atoms with E-state index in [-0.39, 0.29) is 17.5 Å². The summed E-state index contributed by atoms with van der Waals surface area (Å²) < 4.78 is 69.0. The summed E-state index contributed by atoms with van der Waals surface area (Å²) in [5, 5.41) is 3.96. The first kappa shape index (κ1) is 27.0. The zero-order valence-electron chi connectivity index (χ0n) is 20.2. The minimum atomic E-state index is -5.63. The van der Waals surface area contributed by atoms with E-state index in [2.05, 4.69) is 14.5 Å². The maximum absolute atomic E-state index is 12.9. The highest BCUT2D eigenvalue weighted by Crippen LogP contribution is 2.42. The van der Waals surface area contributed by atoms with Crippen molar-refractivity contribution < 1.29 is 40.1 Å². The van der Waals surface area contributed by atoms with Crippen molar-refractivity contribution >= 4 is 55.3 Å². The van der Waals surface area contributed by atoms with Gasteiger partial charge in [-0.25, -0.2) is 0 Å². The molecule has 0 fully saturated rings. The Morgan fingerprint density at radius 2 is 1.67 bits per heavy atom. The summed E-state index contributed by atoms with van der Waals surface area (Å²) in [6.45, 7) is -0.612. The fourth-order valence-corrected chi connectivity index (χ4v) is 5.47. The number of hydrogen-bond donors (Lipinski definition) is 2. The first-order valence-corrected chi connectivity index (χ1v) is 13.5. The molecule has 0 radical (unpaired) electrons. The van der Waals surface area contributed by atoms with E-state index >= 15 is 0 Å². The van der Waals surface area contributed by atoms with Gasteiger partial charge in [0.05, 0.1) is 24.8 Å². The lowest BCUT2D eigenvalue weighted by molar-refractivity contribution is -0.0542. The van der Waals surface area contributed by atoms with Crippen molar-refractivity contribution in [2.75, 3.05) is 13.7 Å². The third kappa shape index (κ3) is 4.72. The number of hydrogen-bond acceptors (Lipinski definition) is 6. The average molecular weight is 581 g/mol. The van der Waals surface area contributed by atoms with Crippen LogP contribution in [-0.4, -0.2) is 44.4 Å². The Bertz CT molecular complexity index is 1770. The van der Waals surface area contributed by atoms with E-state index in [1.165, 1.54) is 7.11 Å². The quantitative estimate of drug-likeness (QED) is 0.119. The maximum atomic E-state index is 12.9. The van der Waals surface area contributed by atoms with Gasteiger partial charge in [-0.3, -0.25) is 19.1 Å². The van der Waals surface area contributed by atoms with Gasteiger partial charge >= 0.3 is 15.6 Å². The predicted molar refractivity (Wildman–Crippen MR) is 138 cm³/mol. The molecule has 0 spiro atoms. The van der Waals surface area contributed by atoms with Crippen molar-refractivity contribution in [2.45, 2.75) is 24.8 Å². The second-order valence-electron chi connectivity index (χ2n) is 8.87. The molecule has 1 aliphatic rings. The monoisotopic (exact) mass is 580 g/mol.